The largest absolute Gasteiger partial charge is 0.463 e. The molecule has 30 heavy (non-hydrogen) atoms. The van der Waals surface area contributed by atoms with Gasteiger partial charge in [0.25, 0.3) is 0 Å². The van der Waals surface area contributed by atoms with Gasteiger partial charge in [0.2, 0.25) is 0 Å². The first-order valence-corrected chi connectivity index (χ1v) is 9.52. The Labute approximate surface area is 176 Å². The fourth-order valence-electron chi connectivity index (χ4n) is 2.77. The first-order valence-electron chi connectivity index (χ1n) is 9.52. The summed E-state index contributed by atoms with van der Waals surface area (Å²) in [5.41, 5.74) is 0. The number of quaternary nitrogens is 1. The van der Waals surface area contributed by atoms with Gasteiger partial charge in [-0.25, -0.2) is 0 Å². The summed E-state index contributed by atoms with van der Waals surface area (Å²) in [4.78, 5) is 46.3. The topological polar surface area (TPSA) is 124 Å². The van der Waals surface area contributed by atoms with Crippen LogP contribution in [-0.4, -0.2) is 100.0 Å². The molecule has 11 nitrogen and oxygen atoms in total. The van der Waals surface area contributed by atoms with Crippen LogP contribution in [0.3, 0.4) is 0 Å². The first-order chi connectivity index (χ1) is 13.8. The van der Waals surface area contributed by atoms with E-state index >= 15 is 0 Å². The van der Waals surface area contributed by atoms with Gasteiger partial charge in [0.1, 0.15) is 19.3 Å². The highest BCUT2D eigenvalue weighted by Gasteiger charge is 2.52. The van der Waals surface area contributed by atoms with Crippen molar-refractivity contribution in [1.82, 2.24) is 0 Å². The standard InChI is InChI=1S/C19H32NO10/c1-11(21)26-10-15-16(27-12(2)22)17(28-13(3)23)18(29-14(4)24)19(30-15)25-9-8-20(5,6)7/h15-19H,8-10H2,1-7H3/q+1/t15-,16-,17+,18-,19+/m1/s1. The van der Waals surface area contributed by atoms with Gasteiger partial charge in [0, 0.05) is 27.7 Å². The van der Waals surface area contributed by atoms with Crippen LogP contribution in [0.25, 0.3) is 0 Å². The van der Waals surface area contributed by atoms with Crippen LogP contribution in [0.4, 0.5) is 0 Å². The van der Waals surface area contributed by atoms with E-state index in [4.69, 9.17) is 28.4 Å². The normalized spacial score (nSPS) is 26.4. The number of carbonyl (C=O) groups is 4. The van der Waals surface area contributed by atoms with E-state index in [1.165, 1.54) is 27.7 Å². The van der Waals surface area contributed by atoms with E-state index in [0.717, 1.165) is 0 Å². The van der Waals surface area contributed by atoms with Crippen LogP contribution in [0, 0.1) is 0 Å². The highest BCUT2D eigenvalue weighted by Crippen LogP contribution is 2.30. The van der Waals surface area contributed by atoms with Crippen molar-refractivity contribution >= 4 is 23.9 Å². The minimum absolute atomic E-state index is 0.233. The Morgan fingerprint density at radius 3 is 1.73 bits per heavy atom. The minimum atomic E-state index is -1.22. The molecule has 0 spiro atoms. The van der Waals surface area contributed by atoms with Gasteiger partial charge in [0.05, 0.1) is 27.7 Å². The Bertz CT molecular complexity index is 629. The SMILES string of the molecule is CC(=O)OC[C@H]1O[C@H](OCC[N+](C)(C)C)[C@H](OC(C)=O)[C@@H](OC(C)=O)[C@@H]1OC(C)=O. The van der Waals surface area contributed by atoms with Crippen LogP contribution in [0.15, 0.2) is 0 Å². The van der Waals surface area contributed by atoms with Crippen molar-refractivity contribution < 1.29 is 52.1 Å². The van der Waals surface area contributed by atoms with Crippen molar-refractivity contribution in [3.8, 4) is 0 Å². The average molecular weight is 434 g/mol. The highest BCUT2D eigenvalue weighted by atomic mass is 16.7. The lowest BCUT2D eigenvalue weighted by atomic mass is 9.98. The number of rotatable bonds is 9. The van der Waals surface area contributed by atoms with E-state index in [1.807, 2.05) is 21.1 Å². The third-order valence-corrected chi connectivity index (χ3v) is 3.99. The number of hydrogen-bond donors (Lipinski definition) is 0. The zero-order valence-electron chi connectivity index (χ0n) is 18.5. The second-order valence-corrected chi connectivity index (χ2v) is 7.95. The van der Waals surface area contributed by atoms with E-state index in [-0.39, 0.29) is 13.2 Å². The quantitative estimate of drug-likeness (QED) is 0.274. The summed E-state index contributed by atoms with van der Waals surface area (Å²) in [6.45, 7) is 5.28. The summed E-state index contributed by atoms with van der Waals surface area (Å²) in [6.07, 6.45) is -5.76. The van der Waals surface area contributed by atoms with E-state index in [9.17, 15) is 19.2 Å². The summed E-state index contributed by atoms with van der Waals surface area (Å²) in [7, 11) is 5.91. The minimum Gasteiger partial charge on any atom is -0.463 e. The lowest BCUT2D eigenvalue weighted by molar-refractivity contribution is -0.871. The molecule has 0 aliphatic carbocycles. The molecule has 11 heteroatoms. The predicted molar refractivity (Wildman–Crippen MR) is 101 cm³/mol. The summed E-state index contributed by atoms with van der Waals surface area (Å²) in [5, 5.41) is 0. The van der Waals surface area contributed by atoms with Gasteiger partial charge < -0.3 is 32.9 Å². The number of hydrogen-bond acceptors (Lipinski definition) is 10. The maximum absolute atomic E-state index is 11.7. The zero-order valence-corrected chi connectivity index (χ0v) is 18.5. The third-order valence-electron chi connectivity index (χ3n) is 3.99. The Kier molecular flexibility index (Phi) is 9.66. The molecule has 1 heterocycles. The highest BCUT2D eigenvalue weighted by molar-refractivity contribution is 5.68. The van der Waals surface area contributed by atoms with Crippen LogP contribution in [-0.2, 0) is 47.6 Å². The molecule has 1 fully saturated rings. The monoisotopic (exact) mass is 434 g/mol. The Hall–Kier alpha value is -2.24. The number of esters is 4. The van der Waals surface area contributed by atoms with E-state index in [1.54, 1.807) is 0 Å². The summed E-state index contributed by atoms with van der Waals surface area (Å²) in [5.74, 6) is -2.61. The van der Waals surface area contributed by atoms with Gasteiger partial charge in [-0.05, 0) is 0 Å². The molecule has 0 bridgehead atoms. The molecule has 5 atom stereocenters. The van der Waals surface area contributed by atoms with E-state index in [2.05, 4.69) is 0 Å². The number of likely N-dealkylation sites (N-methyl/N-ethyl adjacent to an activating group) is 1. The van der Waals surface area contributed by atoms with E-state index < -0.39 is 54.6 Å². The Morgan fingerprint density at radius 1 is 0.767 bits per heavy atom. The Balaban J connectivity index is 3.22. The molecule has 0 N–H and O–H groups in total. The van der Waals surface area contributed by atoms with Crippen LogP contribution < -0.4 is 0 Å². The number of ether oxygens (including phenoxy) is 6. The van der Waals surface area contributed by atoms with Crippen LogP contribution in [0.2, 0.25) is 0 Å². The molecular formula is C19H32NO10+. The molecule has 1 saturated heterocycles. The summed E-state index contributed by atoms with van der Waals surface area (Å²) >= 11 is 0. The third kappa shape index (κ3) is 9.06. The maximum atomic E-state index is 11.7. The zero-order chi connectivity index (χ0) is 23.1. The molecule has 1 aliphatic rings. The first kappa shape index (κ1) is 25.8. The predicted octanol–water partition coefficient (Wildman–Crippen LogP) is -0.208. The van der Waals surface area contributed by atoms with Crippen LogP contribution in [0.5, 0.6) is 0 Å². The summed E-state index contributed by atoms with van der Waals surface area (Å²) < 4.78 is 33.2. The van der Waals surface area contributed by atoms with Crippen LogP contribution >= 0.6 is 0 Å². The van der Waals surface area contributed by atoms with Gasteiger partial charge in [0.15, 0.2) is 24.6 Å². The molecule has 0 saturated carbocycles. The van der Waals surface area contributed by atoms with E-state index in [0.29, 0.717) is 11.0 Å². The Morgan fingerprint density at radius 2 is 1.27 bits per heavy atom. The molecule has 0 aromatic rings. The fourth-order valence-corrected chi connectivity index (χ4v) is 2.77. The van der Waals surface area contributed by atoms with Gasteiger partial charge in [-0.15, -0.1) is 0 Å². The number of nitrogens with zero attached hydrogens (tertiary/aromatic N) is 1. The van der Waals surface area contributed by atoms with Gasteiger partial charge in [-0.1, -0.05) is 0 Å². The molecule has 0 radical (unpaired) electrons. The van der Waals surface area contributed by atoms with Gasteiger partial charge in [-0.2, -0.15) is 0 Å². The van der Waals surface area contributed by atoms with Crippen molar-refractivity contribution in [2.24, 2.45) is 0 Å². The van der Waals surface area contributed by atoms with Gasteiger partial charge in [-0.3, -0.25) is 19.2 Å². The van der Waals surface area contributed by atoms with Crippen molar-refractivity contribution in [3.05, 3.63) is 0 Å². The molecule has 0 unspecified atom stereocenters. The lowest BCUT2D eigenvalue weighted by Crippen LogP contribution is -2.63. The van der Waals surface area contributed by atoms with Crippen molar-refractivity contribution in [2.75, 3.05) is 40.9 Å². The lowest BCUT2D eigenvalue weighted by Gasteiger charge is -2.44. The second kappa shape index (κ2) is 11.2. The molecule has 1 aliphatic heterocycles. The van der Waals surface area contributed by atoms with Crippen molar-refractivity contribution in [3.63, 3.8) is 0 Å². The molecular weight excluding hydrogens is 402 g/mol. The van der Waals surface area contributed by atoms with Gasteiger partial charge >= 0.3 is 23.9 Å². The van der Waals surface area contributed by atoms with Crippen molar-refractivity contribution in [1.29, 1.82) is 0 Å². The molecule has 0 amide bonds. The molecule has 0 aromatic carbocycles. The number of carbonyl (C=O) groups excluding carboxylic acids is 4. The molecule has 1 rings (SSSR count). The fraction of sp³-hybridized carbons (Fsp3) is 0.789. The maximum Gasteiger partial charge on any atom is 0.303 e. The average Bonchev–Trinajstić information content (AvgIpc) is 2.55. The molecule has 0 aromatic heterocycles. The molecule has 172 valence electrons. The van der Waals surface area contributed by atoms with Crippen LogP contribution in [0.1, 0.15) is 27.7 Å². The summed E-state index contributed by atoms with van der Waals surface area (Å²) in [6, 6.07) is 0. The van der Waals surface area contributed by atoms with Crippen molar-refractivity contribution in [2.45, 2.75) is 58.4 Å². The smallest absolute Gasteiger partial charge is 0.303 e. The second-order valence-electron chi connectivity index (χ2n) is 7.95.